The third-order valence-corrected chi connectivity index (χ3v) is 2.26. The van der Waals surface area contributed by atoms with E-state index in [0.29, 0.717) is 6.04 Å². The molecule has 0 spiro atoms. The molecule has 1 nitrogen and oxygen atoms in total. The summed E-state index contributed by atoms with van der Waals surface area (Å²) >= 11 is 0. The molecule has 1 heterocycles. The van der Waals surface area contributed by atoms with Crippen LogP contribution in [-0.4, -0.2) is 24.5 Å². The number of piperidine rings is 1. The third-order valence-electron chi connectivity index (χ3n) is 2.26. The van der Waals surface area contributed by atoms with E-state index < -0.39 is 0 Å². The molecule has 0 amide bonds. The zero-order valence-corrected chi connectivity index (χ0v) is 6.35. The van der Waals surface area contributed by atoms with Crippen LogP contribution in [0.1, 0.15) is 19.8 Å². The van der Waals surface area contributed by atoms with Gasteiger partial charge < -0.3 is 0 Å². The molecule has 0 N–H and O–H groups in total. The monoisotopic (exact) mass is 125 g/mol. The molecule has 1 aliphatic rings. The first-order valence-corrected chi connectivity index (χ1v) is 3.59. The molecule has 0 aromatic carbocycles. The highest BCUT2D eigenvalue weighted by atomic mass is 15.1. The summed E-state index contributed by atoms with van der Waals surface area (Å²) in [6.07, 6.45) is 2.52. The number of hydrogen-bond acceptors (Lipinski definition) is 1. The highest BCUT2D eigenvalue weighted by Crippen LogP contribution is 2.18. The van der Waals surface area contributed by atoms with Crippen molar-refractivity contribution in [2.24, 2.45) is 0 Å². The first kappa shape index (κ1) is 6.81. The predicted octanol–water partition coefficient (Wildman–Crippen LogP) is 1.66. The Balaban J connectivity index is 2.51. The minimum Gasteiger partial charge on any atom is -0.300 e. The number of nitrogens with zero attached hydrogens (tertiary/aromatic N) is 1. The fourth-order valence-electron chi connectivity index (χ4n) is 1.27. The van der Waals surface area contributed by atoms with E-state index >= 15 is 0 Å². The SMILES string of the molecule is C=C1CCCN(C)C1C. The van der Waals surface area contributed by atoms with Gasteiger partial charge in [-0.3, -0.25) is 4.90 Å². The van der Waals surface area contributed by atoms with E-state index in [2.05, 4.69) is 25.5 Å². The van der Waals surface area contributed by atoms with Crippen molar-refractivity contribution in [3.8, 4) is 0 Å². The lowest BCUT2D eigenvalue weighted by Crippen LogP contribution is -2.35. The van der Waals surface area contributed by atoms with Crippen LogP contribution in [0.15, 0.2) is 12.2 Å². The molecule has 1 saturated heterocycles. The van der Waals surface area contributed by atoms with Crippen LogP contribution in [0, 0.1) is 0 Å². The van der Waals surface area contributed by atoms with Gasteiger partial charge in [-0.2, -0.15) is 0 Å². The Kier molecular flexibility index (Phi) is 1.91. The fourth-order valence-corrected chi connectivity index (χ4v) is 1.27. The Hall–Kier alpha value is -0.300. The van der Waals surface area contributed by atoms with Crippen LogP contribution in [0.25, 0.3) is 0 Å². The summed E-state index contributed by atoms with van der Waals surface area (Å²) < 4.78 is 0. The van der Waals surface area contributed by atoms with Crippen LogP contribution in [0.2, 0.25) is 0 Å². The molecular weight excluding hydrogens is 110 g/mol. The van der Waals surface area contributed by atoms with Crippen LogP contribution in [-0.2, 0) is 0 Å². The van der Waals surface area contributed by atoms with E-state index in [1.54, 1.807) is 0 Å². The molecule has 0 aromatic heterocycles. The standard InChI is InChI=1S/C8H15N/c1-7-5-4-6-9(3)8(7)2/h8H,1,4-6H2,2-3H3. The molecule has 1 rings (SSSR count). The van der Waals surface area contributed by atoms with Crippen molar-refractivity contribution in [3.05, 3.63) is 12.2 Å². The van der Waals surface area contributed by atoms with E-state index in [1.165, 1.54) is 25.0 Å². The zero-order chi connectivity index (χ0) is 6.85. The first-order valence-electron chi connectivity index (χ1n) is 3.59. The van der Waals surface area contributed by atoms with Crippen molar-refractivity contribution in [1.29, 1.82) is 0 Å². The van der Waals surface area contributed by atoms with Gasteiger partial charge in [0, 0.05) is 6.04 Å². The highest BCUT2D eigenvalue weighted by molar-refractivity contribution is 5.06. The van der Waals surface area contributed by atoms with Gasteiger partial charge in [0.1, 0.15) is 0 Å². The van der Waals surface area contributed by atoms with E-state index in [4.69, 9.17) is 0 Å². The summed E-state index contributed by atoms with van der Waals surface area (Å²) in [6.45, 7) is 7.46. The quantitative estimate of drug-likeness (QED) is 0.445. The van der Waals surface area contributed by atoms with Crippen LogP contribution >= 0.6 is 0 Å². The molecular formula is C8H15N. The second-order valence-corrected chi connectivity index (χ2v) is 2.92. The van der Waals surface area contributed by atoms with Crippen molar-refractivity contribution >= 4 is 0 Å². The van der Waals surface area contributed by atoms with Crippen LogP contribution in [0.3, 0.4) is 0 Å². The Bertz CT molecular complexity index is 118. The maximum atomic E-state index is 4.00. The molecule has 52 valence electrons. The van der Waals surface area contributed by atoms with Crippen molar-refractivity contribution in [1.82, 2.24) is 4.90 Å². The first-order chi connectivity index (χ1) is 4.22. The lowest BCUT2D eigenvalue weighted by molar-refractivity contribution is 0.251. The van der Waals surface area contributed by atoms with E-state index in [1.807, 2.05) is 0 Å². The van der Waals surface area contributed by atoms with Crippen molar-refractivity contribution in [2.45, 2.75) is 25.8 Å². The maximum Gasteiger partial charge on any atom is 0.0273 e. The Morgan fingerprint density at radius 3 is 2.78 bits per heavy atom. The van der Waals surface area contributed by atoms with Gasteiger partial charge in [-0.15, -0.1) is 0 Å². The van der Waals surface area contributed by atoms with Gasteiger partial charge >= 0.3 is 0 Å². The average Bonchev–Trinajstić information content (AvgIpc) is 1.83. The number of likely N-dealkylation sites (tertiary alicyclic amines) is 1. The van der Waals surface area contributed by atoms with Gasteiger partial charge in [0.2, 0.25) is 0 Å². The van der Waals surface area contributed by atoms with Gasteiger partial charge in [0.15, 0.2) is 0 Å². The molecule has 1 atom stereocenters. The molecule has 1 aliphatic heterocycles. The summed E-state index contributed by atoms with van der Waals surface area (Å²) in [4.78, 5) is 2.35. The van der Waals surface area contributed by atoms with E-state index in [9.17, 15) is 0 Å². The van der Waals surface area contributed by atoms with Crippen LogP contribution < -0.4 is 0 Å². The summed E-state index contributed by atoms with van der Waals surface area (Å²) in [5.74, 6) is 0. The van der Waals surface area contributed by atoms with Gasteiger partial charge in [0.05, 0.1) is 0 Å². The third kappa shape index (κ3) is 1.33. The largest absolute Gasteiger partial charge is 0.300 e. The van der Waals surface area contributed by atoms with Crippen LogP contribution in [0.5, 0.6) is 0 Å². The second-order valence-electron chi connectivity index (χ2n) is 2.92. The lowest BCUT2D eigenvalue weighted by atomic mass is 9.99. The summed E-state index contributed by atoms with van der Waals surface area (Å²) in [7, 11) is 2.16. The number of hydrogen-bond donors (Lipinski definition) is 0. The van der Waals surface area contributed by atoms with Gasteiger partial charge in [0.25, 0.3) is 0 Å². The fraction of sp³-hybridized carbons (Fsp3) is 0.750. The molecule has 0 saturated carbocycles. The summed E-state index contributed by atoms with van der Waals surface area (Å²) in [5.41, 5.74) is 1.39. The number of rotatable bonds is 0. The Morgan fingerprint density at radius 1 is 1.67 bits per heavy atom. The van der Waals surface area contributed by atoms with E-state index in [-0.39, 0.29) is 0 Å². The molecule has 1 fully saturated rings. The summed E-state index contributed by atoms with van der Waals surface area (Å²) in [6, 6.07) is 0.610. The second kappa shape index (κ2) is 2.53. The molecule has 0 aromatic rings. The molecule has 0 bridgehead atoms. The minimum atomic E-state index is 0.610. The maximum absolute atomic E-state index is 4.00. The van der Waals surface area contributed by atoms with Crippen molar-refractivity contribution in [3.63, 3.8) is 0 Å². The summed E-state index contributed by atoms with van der Waals surface area (Å²) in [5, 5.41) is 0. The molecule has 1 unspecified atom stereocenters. The van der Waals surface area contributed by atoms with Crippen molar-refractivity contribution in [2.75, 3.05) is 13.6 Å². The lowest BCUT2D eigenvalue weighted by Gasteiger charge is -2.31. The highest BCUT2D eigenvalue weighted by Gasteiger charge is 2.16. The topological polar surface area (TPSA) is 3.24 Å². The minimum absolute atomic E-state index is 0.610. The molecule has 0 radical (unpaired) electrons. The normalized spacial score (nSPS) is 30.9. The van der Waals surface area contributed by atoms with E-state index in [0.717, 1.165) is 0 Å². The zero-order valence-electron chi connectivity index (χ0n) is 6.35. The molecule has 9 heavy (non-hydrogen) atoms. The predicted molar refractivity (Wildman–Crippen MR) is 40.5 cm³/mol. The Morgan fingerprint density at radius 2 is 2.33 bits per heavy atom. The van der Waals surface area contributed by atoms with Gasteiger partial charge in [-0.1, -0.05) is 12.2 Å². The Labute approximate surface area is 57.4 Å². The number of likely N-dealkylation sites (N-methyl/N-ethyl adjacent to an activating group) is 1. The van der Waals surface area contributed by atoms with Crippen LogP contribution in [0.4, 0.5) is 0 Å². The van der Waals surface area contributed by atoms with Gasteiger partial charge in [-0.25, -0.2) is 0 Å². The molecule has 0 aliphatic carbocycles. The average molecular weight is 125 g/mol. The molecule has 1 heteroatoms. The smallest absolute Gasteiger partial charge is 0.0273 e. The van der Waals surface area contributed by atoms with Crippen molar-refractivity contribution < 1.29 is 0 Å². The van der Waals surface area contributed by atoms with Gasteiger partial charge in [-0.05, 0) is 33.4 Å².